The summed E-state index contributed by atoms with van der Waals surface area (Å²) >= 11 is 0. The minimum Gasteiger partial charge on any atom is -0.353 e. The van der Waals surface area contributed by atoms with Gasteiger partial charge in [-0.1, -0.05) is 0 Å². The SMILES string of the molecule is CNC(C(=O)NCCS(=O)(=O)C(C)(C)C)c1cnn(C)c1. The maximum atomic E-state index is 12.1. The van der Waals surface area contributed by atoms with Crippen LogP contribution in [0.15, 0.2) is 12.4 Å². The summed E-state index contributed by atoms with van der Waals surface area (Å²) in [5, 5.41) is 9.57. The van der Waals surface area contributed by atoms with E-state index in [0.29, 0.717) is 0 Å². The summed E-state index contributed by atoms with van der Waals surface area (Å²) in [7, 11) is 0.200. The average molecular weight is 316 g/mol. The number of hydrogen-bond acceptors (Lipinski definition) is 5. The monoisotopic (exact) mass is 316 g/mol. The van der Waals surface area contributed by atoms with Crippen LogP contribution in [0.5, 0.6) is 0 Å². The highest BCUT2D eigenvalue weighted by Crippen LogP contribution is 2.15. The van der Waals surface area contributed by atoms with Crippen LogP contribution in [0.1, 0.15) is 32.4 Å². The summed E-state index contributed by atoms with van der Waals surface area (Å²) < 4.78 is 24.7. The van der Waals surface area contributed by atoms with E-state index < -0.39 is 20.6 Å². The second-order valence-electron chi connectivity index (χ2n) is 5.89. The molecule has 0 spiro atoms. The molecule has 1 unspecified atom stereocenters. The molecule has 21 heavy (non-hydrogen) atoms. The Balaban J connectivity index is 2.61. The number of aromatic nitrogens is 2. The van der Waals surface area contributed by atoms with Crippen LogP contribution in [-0.2, 0) is 21.7 Å². The quantitative estimate of drug-likeness (QED) is 0.771. The molecule has 0 saturated carbocycles. The van der Waals surface area contributed by atoms with Gasteiger partial charge in [-0.25, -0.2) is 8.42 Å². The van der Waals surface area contributed by atoms with E-state index in [1.165, 1.54) is 0 Å². The van der Waals surface area contributed by atoms with Crippen molar-refractivity contribution in [3.05, 3.63) is 18.0 Å². The third kappa shape index (κ3) is 4.53. The first kappa shape index (κ1) is 17.6. The van der Waals surface area contributed by atoms with Gasteiger partial charge >= 0.3 is 0 Å². The number of aryl methyl sites for hydroxylation is 1. The fraction of sp³-hybridized carbons (Fsp3) is 0.692. The van der Waals surface area contributed by atoms with Crippen molar-refractivity contribution < 1.29 is 13.2 Å². The number of rotatable bonds is 6. The predicted octanol–water partition coefficient (Wildman–Crippen LogP) is 0.0101. The average Bonchev–Trinajstić information content (AvgIpc) is 2.75. The molecule has 1 heterocycles. The number of hydrogen-bond donors (Lipinski definition) is 2. The summed E-state index contributed by atoms with van der Waals surface area (Å²) in [6.07, 6.45) is 3.35. The van der Waals surface area contributed by atoms with Gasteiger partial charge in [0.25, 0.3) is 0 Å². The Morgan fingerprint density at radius 2 is 2.05 bits per heavy atom. The highest BCUT2D eigenvalue weighted by atomic mass is 32.2. The maximum Gasteiger partial charge on any atom is 0.241 e. The van der Waals surface area contributed by atoms with Crippen LogP contribution in [-0.4, -0.2) is 48.2 Å². The molecule has 0 aliphatic rings. The van der Waals surface area contributed by atoms with Crippen molar-refractivity contribution >= 4 is 15.7 Å². The van der Waals surface area contributed by atoms with Crippen molar-refractivity contribution in [1.29, 1.82) is 0 Å². The first-order valence-electron chi connectivity index (χ1n) is 6.74. The molecule has 0 radical (unpaired) electrons. The van der Waals surface area contributed by atoms with Gasteiger partial charge in [-0.05, 0) is 27.8 Å². The third-order valence-electron chi connectivity index (χ3n) is 3.21. The Morgan fingerprint density at radius 3 is 2.48 bits per heavy atom. The first-order valence-corrected chi connectivity index (χ1v) is 8.39. The van der Waals surface area contributed by atoms with Crippen LogP contribution in [0.4, 0.5) is 0 Å². The van der Waals surface area contributed by atoms with Crippen molar-refractivity contribution in [1.82, 2.24) is 20.4 Å². The summed E-state index contributed by atoms with van der Waals surface area (Å²) in [4.78, 5) is 12.1. The number of likely N-dealkylation sites (N-methyl/N-ethyl adjacent to an activating group) is 1. The van der Waals surface area contributed by atoms with Gasteiger partial charge in [0.15, 0.2) is 9.84 Å². The number of sulfone groups is 1. The van der Waals surface area contributed by atoms with Crippen LogP contribution in [0.2, 0.25) is 0 Å². The second kappa shape index (κ2) is 6.57. The van der Waals surface area contributed by atoms with E-state index in [9.17, 15) is 13.2 Å². The van der Waals surface area contributed by atoms with Crippen molar-refractivity contribution in [2.75, 3.05) is 19.3 Å². The zero-order valence-corrected chi connectivity index (χ0v) is 14.0. The fourth-order valence-electron chi connectivity index (χ4n) is 1.76. The van der Waals surface area contributed by atoms with Gasteiger partial charge in [0.1, 0.15) is 6.04 Å². The van der Waals surface area contributed by atoms with Crippen molar-refractivity contribution in [2.45, 2.75) is 31.6 Å². The molecular weight excluding hydrogens is 292 g/mol. The van der Waals surface area contributed by atoms with Gasteiger partial charge in [-0.3, -0.25) is 9.48 Å². The third-order valence-corrected chi connectivity index (χ3v) is 5.82. The topological polar surface area (TPSA) is 93.1 Å². The molecule has 7 nitrogen and oxygen atoms in total. The van der Waals surface area contributed by atoms with E-state index in [-0.39, 0.29) is 18.2 Å². The highest BCUT2D eigenvalue weighted by Gasteiger charge is 2.29. The molecule has 0 aliphatic heterocycles. The van der Waals surface area contributed by atoms with Gasteiger partial charge in [0, 0.05) is 25.4 Å². The van der Waals surface area contributed by atoms with E-state index in [4.69, 9.17) is 0 Å². The van der Waals surface area contributed by atoms with E-state index in [1.54, 1.807) is 51.9 Å². The van der Waals surface area contributed by atoms with E-state index in [1.807, 2.05) is 0 Å². The minimum atomic E-state index is -3.24. The number of nitrogens with one attached hydrogen (secondary N) is 2. The second-order valence-corrected chi connectivity index (χ2v) is 8.75. The smallest absolute Gasteiger partial charge is 0.241 e. The van der Waals surface area contributed by atoms with Crippen LogP contribution >= 0.6 is 0 Å². The zero-order chi connectivity index (χ0) is 16.3. The van der Waals surface area contributed by atoms with Gasteiger partial charge in [-0.15, -0.1) is 0 Å². The Kier molecular flexibility index (Phi) is 5.52. The minimum absolute atomic E-state index is 0.0777. The molecule has 120 valence electrons. The highest BCUT2D eigenvalue weighted by molar-refractivity contribution is 7.92. The molecule has 0 aliphatic carbocycles. The van der Waals surface area contributed by atoms with Crippen molar-refractivity contribution in [3.63, 3.8) is 0 Å². The first-order chi connectivity index (χ1) is 9.58. The molecule has 2 N–H and O–H groups in total. The summed E-state index contributed by atoms with van der Waals surface area (Å²) in [5.41, 5.74) is 0.733. The largest absolute Gasteiger partial charge is 0.353 e. The van der Waals surface area contributed by atoms with Crippen LogP contribution in [0.25, 0.3) is 0 Å². The Morgan fingerprint density at radius 1 is 1.43 bits per heavy atom. The van der Waals surface area contributed by atoms with Crippen LogP contribution in [0.3, 0.4) is 0 Å². The van der Waals surface area contributed by atoms with Crippen molar-refractivity contribution in [2.24, 2.45) is 7.05 Å². The van der Waals surface area contributed by atoms with E-state index in [2.05, 4.69) is 15.7 Å². The van der Waals surface area contributed by atoms with Gasteiger partial charge in [0.05, 0.1) is 16.7 Å². The Bertz CT molecular complexity index is 587. The summed E-state index contributed by atoms with van der Waals surface area (Å²) in [6, 6.07) is -0.545. The molecule has 0 saturated heterocycles. The maximum absolute atomic E-state index is 12.1. The molecule has 0 bridgehead atoms. The number of carbonyl (C=O) groups excluding carboxylic acids is 1. The van der Waals surface area contributed by atoms with E-state index in [0.717, 1.165) is 5.56 Å². The lowest BCUT2D eigenvalue weighted by Gasteiger charge is -2.20. The summed E-state index contributed by atoms with van der Waals surface area (Å²) in [6.45, 7) is 5.04. The molecule has 1 rings (SSSR count). The molecule has 1 atom stereocenters. The van der Waals surface area contributed by atoms with E-state index >= 15 is 0 Å². The van der Waals surface area contributed by atoms with Gasteiger partial charge < -0.3 is 10.6 Å². The van der Waals surface area contributed by atoms with Crippen LogP contribution < -0.4 is 10.6 Å². The Labute approximate surface area is 126 Å². The Hall–Kier alpha value is -1.41. The van der Waals surface area contributed by atoms with Crippen molar-refractivity contribution in [3.8, 4) is 0 Å². The fourth-order valence-corrected chi connectivity index (χ4v) is 2.74. The van der Waals surface area contributed by atoms with Crippen LogP contribution in [0, 0.1) is 0 Å². The molecule has 1 aromatic rings. The molecule has 1 aromatic heterocycles. The molecule has 8 heteroatoms. The molecule has 0 fully saturated rings. The summed E-state index contributed by atoms with van der Waals surface area (Å²) in [5.74, 6) is -0.347. The number of nitrogens with zero attached hydrogens (tertiary/aromatic N) is 2. The van der Waals surface area contributed by atoms with Gasteiger partial charge in [0.2, 0.25) is 5.91 Å². The number of carbonyl (C=O) groups is 1. The normalized spacial score (nSPS) is 14.0. The standard InChI is InChI=1S/C13H24N4O3S/c1-13(2,3)21(19,20)7-6-15-12(18)11(14-4)10-8-16-17(5)9-10/h8-9,11,14H,6-7H2,1-5H3,(H,15,18). The predicted molar refractivity (Wildman–Crippen MR) is 81.6 cm³/mol. The number of amides is 1. The molecular formula is C13H24N4O3S. The zero-order valence-electron chi connectivity index (χ0n) is 13.2. The molecule has 1 amide bonds. The molecule has 0 aromatic carbocycles. The van der Waals surface area contributed by atoms with Gasteiger partial charge in [-0.2, -0.15) is 5.10 Å². The lowest BCUT2D eigenvalue weighted by molar-refractivity contribution is -0.123. The lowest BCUT2D eigenvalue weighted by Crippen LogP contribution is -2.40. The lowest BCUT2D eigenvalue weighted by atomic mass is 10.1.